The van der Waals surface area contributed by atoms with Crippen LogP contribution in [0, 0.1) is 11.2 Å². The Labute approximate surface area is 142 Å². The second-order valence-electron chi connectivity index (χ2n) is 6.76. The molecule has 2 atom stereocenters. The number of amides is 1. The van der Waals surface area contributed by atoms with E-state index in [0.717, 1.165) is 22.8 Å². The number of rotatable bonds is 2. The Morgan fingerprint density at radius 2 is 1.96 bits per heavy atom. The number of hydrogen-bond acceptors (Lipinski definition) is 6. The van der Waals surface area contributed by atoms with Crippen LogP contribution in [0.3, 0.4) is 0 Å². The lowest BCUT2D eigenvalue weighted by molar-refractivity contribution is -0.157. The molecule has 138 valence electrons. The number of halogens is 1. The highest BCUT2D eigenvalue weighted by atomic mass is 19.1. The lowest BCUT2D eigenvalue weighted by Gasteiger charge is -2.23. The van der Waals surface area contributed by atoms with Crippen LogP contribution < -0.4 is 11.2 Å². The summed E-state index contributed by atoms with van der Waals surface area (Å²) in [7, 11) is 1.16. The summed E-state index contributed by atoms with van der Waals surface area (Å²) in [5.74, 6) is -1.64. The SMILES string of the molecule is COC(=O)N1C[C@H](OC(=O)C(C)(C)C)C[C@H]1n1cc(F)c(=O)[nH]c1=O. The Kier molecular flexibility index (Phi) is 5.00. The van der Waals surface area contributed by atoms with Gasteiger partial charge in [0.2, 0.25) is 5.82 Å². The fraction of sp³-hybridized carbons (Fsp3) is 0.600. The smallest absolute Gasteiger partial charge is 0.411 e. The molecule has 1 fully saturated rings. The number of hydrogen-bond donors (Lipinski definition) is 1. The highest BCUT2D eigenvalue weighted by molar-refractivity contribution is 5.75. The predicted octanol–water partition coefficient (Wildman–Crippen LogP) is 0.604. The predicted molar refractivity (Wildman–Crippen MR) is 83.4 cm³/mol. The lowest BCUT2D eigenvalue weighted by atomic mass is 9.97. The molecule has 1 aliphatic rings. The van der Waals surface area contributed by atoms with Crippen molar-refractivity contribution in [3.8, 4) is 0 Å². The van der Waals surface area contributed by atoms with Crippen LogP contribution in [0.15, 0.2) is 15.8 Å². The van der Waals surface area contributed by atoms with Crippen LogP contribution in [-0.4, -0.2) is 46.3 Å². The zero-order valence-electron chi connectivity index (χ0n) is 14.4. The summed E-state index contributed by atoms with van der Waals surface area (Å²) in [6, 6.07) is 0. The normalized spacial score (nSPS) is 20.4. The van der Waals surface area contributed by atoms with Gasteiger partial charge in [0.1, 0.15) is 12.3 Å². The van der Waals surface area contributed by atoms with Crippen LogP contribution in [0.1, 0.15) is 33.4 Å². The Morgan fingerprint density at radius 3 is 2.52 bits per heavy atom. The number of aromatic nitrogens is 2. The fourth-order valence-corrected chi connectivity index (χ4v) is 2.45. The van der Waals surface area contributed by atoms with Gasteiger partial charge in [0.15, 0.2) is 0 Å². The first kappa shape index (κ1) is 18.7. The summed E-state index contributed by atoms with van der Waals surface area (Å²) in [4.78, 5) is 50.1. The molecule has 1 N–H and O–H groups in total. The van der Waals surface area contributed by atoms with Gasteiger partial charge in [-0.25, -0.2) is 9.59 Å². The van der Waals surface area contributed by atoms with E-state index < -0.39 is 46.8 Å². The third-order valence-corrected chi connectivity index (χ3v) is 3.77. The Balaban J connectivity index is 2.34. The van der Waals surface area contributed by atoms with Crippen LogP contribution in [0.4, 0.5) is 9.18 Å². The minimum atomic E-state index is -1.17. The van der Waals surface area contributed by atoms with Crippen molar-refractivity contribution in [1.82, 2.24) is 14.5 Å². The number of nitrogens with zero attached hydrogens (tertiary/aromatic N) is 2. The second-order valence-corrected chi connectivity index (χ2v) is 6.76. The van der Waals surface area contributed by atoms with E-state index in [9.17, 15) is 23.6 Å². The van der Waals surface area contributed by atoms with Gasteiger partial charge in [-0.05, 0) is 20.8 Å². The van der Waals surface area contributed by atoms with Crippen LogP contribution in [0.25, 0.3) is 0 Å². The van der Waals surface area contributed by atoms with Crippen molar-refractivity contribution < 1.29 is 23.5 Å². The third kappa shape index (κ3) is 3.89. The summed E-state index contributed by atoms with van der Waals surface area (Å²) >= 11 is 0. The summed E-state index contributed by atoms with van der Waals surface area (Å²) in [6.07, 6.45) is -1.64. The molecule has 0 spiro atoms. The molecule has 2 heterocycles. The quantitative estimate of drug-likeness (QED) is 0.776. The van der Waals surface area contributed by atoms with Crippen LogP contribution in [0.5, 0.6) is 0 Å². The first-order valence-electron chi connectivity index (χ1n) is 7.61. The molecule has 0 aliphatic carbocycles. The molecule has 0 saturated carbocycles. The molecule has 1 aliphatic heterocycles. The van der Waals surface area contributed by atoms with Crippen LogP contribution in [0.2, 0.25) is 0 Å². The Bertz CT molecular complexity index is 794. The number of methoxy groups -OCH3 is 1. The number of esters is 1. The van der Waals surface area contributed by atoms with Crippen molar-refractivity contribution in [2.75, 3.05) is 13.7 Å². The maximum absolute atomic E-state index is 13.6. The molecule has 0 aromatic carbocycles. The first-order chi connectivity index (χ1) is 11.5. The highest BCUT2D eigenvalue weighted by Crippen LogP contribution is 2.30. The lowest BCUT2D eigenvalue weighted by Crippen LogP contribution is -2.41. The average Bonchev–Trinajstić information content (AvgIpc) is 2.92. The standard InChI is InChI=1S/C15H20FN3O6/c1-15(2,3)12(21)25-8-5-10(19(6-8)14(23)24-4)18-7-9(16)11(20)17-13(18)22/h7-8,10H,5-6H2,1-4H3,(H,17,20,22)/t8-,10+/m1/s1. The monoisotopic (exact) mass is 357 g/mol. The van der Waals surface area contributed by atoms with Crippen LogP contribution in [-0.2, 0) is 14.3 Å². The van der Waals surface area contributed by atoms with E-state index in [1.54, 1.807) is 20.8 Å². The van der Waals surface area contributed by atoms with Gasteiger partial charge in [-0.1, -0.05) is 0 Å². The van der Waals surface area contributed by atoms with Crippen molar-refractivity contribution in [1.29, 1.82) is 0 Å². The van der Waals surface area contributed by atoms with E-state index in [0.29, 0.717) is 0 Å². The van der Waals surface area contributed by atoms with Crippen LogP contribution >= 0.6 is 0 Å². The number of ether oxygens (including phenoxy) is 2. The van der Waals surface area contributed by atoms with E-state index in [2.05, 4.69) is 4.74 Å². The first-order valence-corrected chi connectivity index (χ1v) is 7.61. The third-order valence-electron chi connectivity index (χ3n) is 3.77. The maximum atomic E-state index is 13.6. The molecule has 1 aromatic heterocycles. The highest BCUT2D eigenvalue weighted by Gasteiger charge is 2.41. The van der Waals surface area contributed by atoms with E-state index in [1.807, 2.05) is 4.98 Å². The number of nitrogens with one attached hydrogen (secondary N) is 1. The van der Waals surface area contributed by atoms with Gasteiger partial charge in [0, 0.05) is 6.42 Å². The fourth-order valence-electron chi connectivity index (χ4n) is 2.45. The van der Waals surface area contributed by atoms with Gasteiger partial charge >= 0.3 is 17.8 Å². The Morgan fingerprint density at radius 1 is 1.32 bits per heavy atom. The molecular weight excluding hydrogens is 337 g/mol. The Hall–Kier alpha value is -2.65. The van der Waals surface area contributed by atoms with Crippen molar-refractivity contribution >= 4 is 12.1 Å². The second kappa shape index (κ2) is 6.69. The summed E-state index contributed by atoms with van der Waals surface area (Å²) in [5, 5.41) is 0. The number of carbonyl (C=O) groups excluding carboxylic acids is 2. The van der Waals surface area contributed by atoms with Gasteiger partial charge < -0.3 is 9.47 Å². The van der Waals surface area contributed by atoms with Gasteiger partial charge in [-0.15, -0.1) is 0 Å². The summed E-state index contributed by atoms with van der Waals surface area (Å²) in [5.41, 5.74) is -2.78. The average molecular weight is 357 g/mol. The van der Waals surface area contributed by atoms with E-state index in [4.69, 9.17) is 4.74 Å². The molecular formula is C15H20FN3O6. The van der Waals surface area contributed by atoms with Crippen molar-refractivity contribution in [2.24, 2.45) is 5.41 Å². The zero-order chi connectivity index (χ0) is 18.9. The van der Waals surface area contributed by atoms with Gasteiger partial charge in [-0.2, -0.15) is 4.39 Å². The van der Waals surface area contributed by atoms with Crippen molar-refractivity contribution in [2.45, 2.75) is 39.5 Å². The molecule has 1 aromatic rings. The molecule has 1 saturated heterocycles. The molecule has 10 heteroatoms. The number of likely N-dealkylation sites (tertiary alicyclic amines) is 1. The number of carbonyl (C=O) groups is 2. The molecule has 1 amide bonds. The molecule has 0 unspecified atom stereocenters. The molecule has 9 nitrogen and oxygen atoms in total. The van der Waals surface area contributed by atoms with E-state index >= 15 is 0 Å². The minimum absolute atomic E-state index is 0.0215. The van der Waals surface area contributed by atoms with E-state index in [1.165, 1.54) is 0 Å². The number of aromatic amines is 1. The largest absolute Gasteiger partial charge is 0.460 e. The number of H-pyrrole nitrogens is 1. The summed E-state index contributed by atoms with van der Waals surface area (Å²) < 4.78 is 24.5. The van der Waals surface area contributed by atoms with Gasteiger partial charge in [0.05, 0.1) is 25.3 Å². The molecule has 0 radical (unpaired) electrons. The topological polar surface area (TPSA) is 111 Å². The summed E-state index contributed by atoms with van der Waals surface area (Å²) in [6.45, 7) is 5.03. The van der Waals surface area contributed by atoms with E-state index in [-0.39, 0.29) is 13.0 Å². The zero-order valence-corrected chi connectivity index (χ0v) is 14.4. The molecule has 25 heavy (non-hydrogen) atoms. The molecule has 0 bridgehead atoms. The van der Waals surface area contributed by atoms with Gasteiger partial charge in [-0.3, -0.25) is 24.0 Å². The molecule has 2 rings (SSSR count). The van der Waals surface area contributed by atoms with Crippen molar-refractivity contribution in [3.63, 3.8) is 0 Å². The maximum Gasteiger partial charge on any atom is 0.411 e. The minimum Gasteiger partial charge on any atom is -0.460 e. The van der Waals surface area contributed by atoms with Crippen molar-refractivity contribution in [3.05, 3.63) is 32.9 Å². The van der Waals surface area contributed by atoms with Gasteiger partial charge in [0.25, 0.3) is 5.56 Å².